The first-order valence-electron chi connectivity index (χ1n) is 5.30. The number of hydrogen-bond acceptors (Lipinski definition) is 4. The van der Waals surface area contributed by atoms with E-state index in [0.29, 0.717) is 6.42 Å². The van der Waals surface area contributed by atoms with Gasteiger partial charge in [0.2, 0.25) is 0 Å². The first-order valence-corrected chi connectivity index (χ1v) is 5.30. The fourth-order valence-electron chi connectivity index (χ4n) is 1.47. The first-order chi connectivity index (χ1) is 8.45. The van der Waals surface area contributed by atoms with Gasteiger partial charge in [0.1, 0.15) is 6.54 Å². The van der Waals surface area contributed by atoms with Gasteiger partial charge in [-0.2, -0.15) is 0 Å². The van der Waals surface area contributed by atoms with E-state index < -0.39 is 23.3 Å². The summed E-state index contributed by atoms with van der Waals surface area (Å²) >= 11 is 0. The second kappa shape index (κ2) is 5.80. The molecule has 1 heterocycles. The number of carbonyl (C=O) groups excluding carboxylic acids is 1. The standard InChI is InChI=1S/C10H13N3O5/c1-2-5-12(6-9(14)15)10(16)7-3-4-8(11-7)13(17)18/h3-4,11H,2,5-6H2,1H3,(H,14,15). The maximum atomic E-state index is 11.9. The molecular weight excluding hydrogens is 242 g/mol. The van der Waals surface area contributed by atoms with Crippen molar-refractivity contribution in [3.05, 3.63) is 27.9 Å². The lowest BCUT2D eigenvalue weighted by Gasteiger charge is -2.17. The number of aromatic amines is 1. The second-order valence-electron chi connectivity index (χ2n) is 3.63. The topological polar surface area (TPSA) is 117 Å². The molecule has 1 amide bonds. The van der Waals surface area contributed by atoms with Gasteiger partial charge in [0.15, 0.2) is 5.69 Å². The highest BCUT2D eigenvalue weighted by atomic mass is 16.6. The molecule has 8 nitrogen and oxygen atoms in total. The van der Waals surface area contributed by atoms with Gasteiger partial charge in [-0.15, -0.1) is 0 Å². The van der Waals surface area contributed by atoms with Crippen molar-refractivity contribution in [1.29, 1.82) is 0 Å². The molecule has 0 aliphatic rings. The lowest BCUT2D eigenvalue weighted by Crippen LogP contribution is -2.36. The Morgan fingerprint density at radius 2 is 2.17 bits per heavy atom. The Balaban J connectivity index is 2.87. The Morgan fingerprint density at radius 1 is 1.50 bits per heavy atom. The van der Waals surface area contributed by atoms with Crippen LogP contribution in [0.2, 0.25) is 0 Å². The highest BCUT2D eigenvalue weighted by molar-refractivity contribution is 5.94. The maximum absolute atomic E-state index is 11.9. The Labute approximate surface area is 102 Å². The number of amides is 1. The summed E-state index contributed by atoms with van der Waals surface area (Å²) in [4.78, 5) is 35.8. The molecule has 1 aromatic heterocycles. The molecule has 0 fully saturated rings. The number of aromatic nitrogens is 1. The smallest absolute Gasteiger partial charge is 0.323 e. The highest BCUT2D eigenvalue weighted by Crippen LogP contribution is 2.12. The van der Waals surface area contributed by atoms with Gasteiger partial charge in [0, 0.05) is 12.6 Å². The van der Waals surface area contributed by atoms with Gasteiger partial charge in [-0.3, -0.25) is 9.59 Å². The Hall–Kier alpha value is -2.38. The molecule has 0 bridgehead atoms. The molecule has 0 aliphatic heterocycles. The van der Waals surface area contributed by atoms with E-state index in [9.17, 15) is 19.7 Å². The molecule has 0 saturated carbocycles. The minimum Gasteiger partial charge on any atom is -0.480 e. The van der Waals surface area contributed by atoms with Crippen molar-refractivity contribution < 1.29 is 19.6 Å². The van der Waals surface area contributed by atoms with Crippen molar-refractivity contribution >= 4 is 17.7 Å². The van der Waals surface area contributed by atoms with Gasteiger partial charge < -0.3 is 20.1 Å². The minimum absolute atomic E-state index is 0.0106. The molecule has 8 heteroatoms. The summed E-state index contributed by atoms with van der Waals surface area (Å²) in [6.07, 6.45) is 0.599. The summed E-state index contributed by atoms with van der Waals surface area (Å²) in [5, 5.41) is 19.2. The van der Waals surface area contributed by atoms with Crippen molar-refractivity contribution in [2.45, 2.75) is 13.3 Å². The van der Waals surface area contributed by atoms with Crippen molar-refractivity contribution in [2.75, 3.05) is 13.1 Å². The number of H-pyrrole nitrogens is 1. The monoisotopic (exact) mass is 255 g/mol. The second-order valence-corrected chi connectivity index (χ2v) is 3.63. The predicted octanol–water partition coefficient (Wildman–Crippen LogP) is 0.860. The van der Waals surface area contributed by atoms with Crippen LogP contribution >= 0.6 is 0 Å². The number of rotatable bonds is 6. The van der Waals surface area contributed by atoms with E-state index >= 15 is 0 Å². The van der Waals surface area contributed by atoms with Crippen LogP contribution in [0, 0.1) is 10.1 Å². The van der Waals surface area contributed by atoms with E-state index in [4.69, 9.17) is 5.11 Å². The maximum Gasteiger partial charge on any atom is 0.323 e. The number of nitrogens with one attached hydrogen (secondary N) is 1. The zero-order valence-electron chi connectivity index (χ0n) is 9.75. The van der Waals surface area contributed by atoms with E-state index in [2.05, 4.69) is 4.98 Å². The van der Waals surface area contributed by atoms with Crippen molar-refractivity contribution in [3.63, 3.8) is 0 Å². The number of nitrogens with zero attached hydrogens (tertiary/aromatic N) is 2. The number of carboxylic acid groups (broad SMARTS) is 1. The normalized spacial score (nSPS) is 10.1. The quantitative estimate of drug-likeness (QED) is 0.577. The molecule has 2 N–H and O–H groups in total. The summed E-state index contributed by atoms with van der Waals surface area (Å²) in [6, 6.07) is 2.43. The van der Waals surface area contributed by atoms with Crippen LogP contribution in [0.5, 0.6) is 0 Å². The molecule has 0 radical (unpaired) electrons. The molecule has 0 aliphatic carbocycles. The van der Waals surface area contributed by atoms with Crippen LogP contribution < -0.4 is 0 Å². The summed E-state index contributed by atoms with van der Waals surface area (Å²) in [5.41, 5.74) is 0.0106. The third kappa shape index (κ3) is 3.30. The summed E-state index contributed by atoms with van der Waals surface area (Å²) in [6.45, 7) is 1.65. The van der Waals surface area contributed by atoms with E-state index in [1.807, 2.05) is 0 Å². The number of nitro groups is 1. The number of carboxylic acids is 1. The largest absolute Gasteiger partial charge is 0.480 e. The van der Waals surface area contributed by atoms with Crippen molar-refractivity contribution in [1.82, 2.24) is 9.88 Å². The average molecular weight is 255 g/mol. The molecule has 98 valence electrons. The van der Waals surface area contributed by atoms with Crippen LogP contribution in [0.15, 0.2) is 12.1 Å². The van der Waals surface area contributed by atoms with Gasteiger partial charge in [-0.25, -0.2) is 4.98 Å². The predicted molar refractivity (Wildman–Crippen MR) is 61.3 cm³/mol. The SMILES string of the molecule is CCCN(CC(=O)O)C(=O)c1ccc([N+](=O)[O-])[nH]1. The van der Waals surface area contributed by atoms with E-state index in [0.717, 1.165) is 11.0 Å². The Kier molecular flexibility index (Phi) is 4.41. The van der Waals surface area contributed by atoms with E-state index in [1.54, 1.807) is 6.92 Å². The molecular formula is C10H13N3O5. The van der Waals surface area contributed by atoms with Crippen LogP contribution in [0.25, 0.3) is 0 Å². The minimum atomic E-state index is -1.13. The number of carbonyl (C=O) groups is 2. The van der Waals surface area contributed by atoms with E-state index in [1.165, 1.54) is 6.07 Å². The molecule has 0 aromatic carbocycles. The van der Waals surface area contributed by atoms with Gasteiger partial charge in [-0.1, -0.05) is 6.92 Å². The van der Waals surface area contributed by atoms with Gasteiger partial charge in [-0.05, 0) is 17.4 Å². The van der Waals surface area contributed by atoms with E-state index in [-0.39, 0.29) is 18.1 Å². The van der Waals surface area contributed by atoms with Crippen LogP contribution in [0.4, 0.5) is 5.82 Å². The molecule has 0 unspecified atom stereocenters. The van der Waals surface area contributed by atoms with Crippen molar-refractivity contribution in [3.8, 4) is 0 Å². The fraction of sp³-hybridized carbons (Fsp3) is 0.400. The zero-order chi connectivity index (χ0) is 13.7. The average Bonchev–Trinajstić information content (AvgIpc) is 2.76. The first kappa shape index (κ1) is 13.7. The summed E-state index contributed by atoms with van der Waals surface area (Å²) < 4.78 is 0. The molecule has 18 heavy (non-hydrogen) atoms. The molecule has 0 spiro atoms. The Bertz CT molecular complexity index is 468. The summed E-state index contributed by atoms with van der Waals surface area (Å²) in [5.74, 6) is -1.99. The third-order valence-corrected chi connectivity index (χ3v) is 2.20. The van der Waals surface area contributed by atoms with Gasteiger partial charge in [0.05, 0.1) is 0 Å². The van der Waals surface area contributed by atoms with Gasteiger partial charge >= 0.3 is 11.8 Å². The third-order valence-electron chi connectivity index (χ3n) is 2.20. The van der Waals surface area contributed by atoms with Crippen LogP contribution in [0.1, 0.15) is 23.8 Å². The van der Waals surface area contributed by atoms with Crippen LogP contribution in [0.3, 0.4) is 0 Å². The number of hydrogen-bond donors (Lipinski definition) is 2. The molecule has 0 atom stereocenters. The molecule has 0 saturated heterocycles. The highest BCUT2D eigenvalue weighted by Gasteiger charge is 2.22. The van der Waals surface area contributed by atoms with Crippen LogP contribution in [-0.2, 0) is 4.79 Å². The molecule has 1 aromatic rings. The lowest BCUT2D eigenvalue weighted by atomic mass is 10.3. The van der Waals surface area contributed by atoms with Crippen LogP contribution in [-0.4, -0.2) is 44.9 Å². The lowest BCUT2D eigenvalue weighted by molar-refractivity contribution is -0.389. The fourth-order valence-corrected chi connectivity index (χ4v) is 1.47. The number of aliphatic carboxylic acids is 1. The zero-order valence-corrected chi connectivity index (χ0v) is 9.75. The van der Waals surface area contributed by atoms with Gasteiger partial charge in [0.25, 0.3) is 5.91 Å². The molecule has 1 rings (SSSR count). The van der Waals surface area contributed by atoms with Crippen molar-refractivity contribution in [2.24, 2.45) is 0 Å². The summed E-state index contributed by atoms with van der Waals surface area (Å²) in [7, 11) is 0. The Morgan fingerprint density at radius 3 is 2.61 bits per heavy atom.